The molecule has 0 aromatic rings. The molecule has 3 nitrogen and oxygen atoms in total. The molecule has 33 heavy (non-hydrogen) atoms. The molecule has 4 rings (SSSR count). The Morgan fingerprint density at radius 3 is 2.42 bits per heavy atom. The van der Waals surface area contributed by atoms with Crippen molar-refractivity contribution >= 4 is 5.97 Å². The summed E-state index contributed by atoms with van der Waals surface area (Å²) in [6.45, 7) is 16.1. The molecule has 0 aromatic heterocycles. The predicted octanol–water partition coefficient (Wildman–Crippen LogP) is 7.46. The maximum atomic E-state index is 11.9. The lowest BCUT2D eigenvalue weighted by Crippen LogP contribution is -2.60. The fraction of sp³-hybridized carbons (Fsp3) is 0.900. The third-order valence-corrected chi connectivity index (χ3v) is 11.4. The highest BCUT2D eigenvalue weighted by molar-refractivity contribution is 5.66. The van der Waals surface area contributed by atoms with E-state index in [2.05, 4.69) is 41.5 Å². The van der Waals surface area contributed by atoms with Crippen LogP contribution in [0.2, 0.25) is 0 Å². The Morgan fingerprint density at radius 1 is 1.03 bits per heavy atom. The van der Waals surface area contributed by atoms with Crippen LogP contribution in [-0.4, -0.2) is 22.8 Å². The molecule has 4 aliphatic carbocycles. The number of aliphatic hydroxyl groups is 1. The number of carbonyl (C=O) groups is 1. The fourth-order valence-corrected chi connectivity index (χ4v) is 8.79. The molecule has 4 aliphatic rings. The van der Waals surface area contributed by atoms with E-state index in [0.29, 0.717) is 17.8 Å². The minimum Gasteiger partial charge on any atom is -0.462 e. The Kier molecular flexibility index (Phi) is 6.89. The first-order valence-electron chi connectivity index (χ1n) is 14.0. The maximum absolute atomic E-state index is 11.9. The van der Waals surface area contributed by atoms with Crippen molar-refractivity contribution in [3.8, 4) is 0 Å². The molecule has 188 valence electrons. The molecule has 0 bridgehead atoms. The lowest BCUT2D eigenvalue weighted by Gasteiger charge is -2.60. The largest absolute Gasteiger partial charge is 0.462 e. The standard InChI is InChI=1S/C30H50O3/c1-19(2)20(3)8-9-21(4)25-10-11-26-24-13-17-30(32)18-23(33-22(5)31)12-16-29(30,7)27(24)14-15-28(25,26)6/h19-21,23,25,27,32H,8-18H2,1-7H3. The second-order valence-electron chi connectivity index (χ2n) is 13.4. The highest BCUT2D eigenvalue weighted by atomic mass is 16.5. The smallest absolute Gasteiger partial charge is 0.302 e. The molecule has 3 fully saturated rings. The number of hydrogen-bond donors (Lipinski definition) is 1. The van der Waals surface area contributed by atoms with Crippen molar-refractivity contribution in [2.24, 2.45) is 40.4 Å². The predicted molar refractivity (Wildman–Crippen MR) is 135 cm³/mol. The molecule has 1 N–H and O–H groups in total. The third kappa shape index (κ3) is 4.23. The molecule has 3 heteroatoms. The van der Waals surface area contributed by atoms with Gasteiger partial charge in [-0.25, -0.2) is 0 Å². The molecule has 8 unspecified atom stereocenters. The third-order valence-electron chi connectivity index (χ3n) is 11.4. The van der Waals surface area contributed by atoms with Crippen LogP contribution in [-0.2, 0) is 9.53 Å². The van der Waals surface area contributed by atoms with Crippen molar-refractivity contribution < 1.29 is 14.6 Å². The van der Waals surface area contributed by atoms with Crippen LogP contribution in [0.4, 0.5) is 0 Å². The topological polar surface area (TPSA) is 46.5 Å². The van der Waals surface area contributed by atoms with E-state index in [-0.39, 0.29) is 17.5 Å². The van der Waals surface area contributed by atoms with Crippen molar-refractivity contribution in [1.29, 1.82) is 0 Å². The number of hydrogen-bond acceptors (Lipinski definition) is 3. The summed E-state index contributed by atoms with van der Waals surface area (Å²) in [5, 5.41) is 11.9. The number of esters is 1. The van der Waals surface area contributed by atoms with E-state index in [1.807, 2.05) is 0 Å². The van der Waals surface area contributed by atoms with E-state index in [1.54, 1.807) is 11.1 Å². The van der Waals surface area contributed by atoms with Crippen LogP contribution < -0.4 is 0 Å². The highest BCUT2D eigenvalue weighted by Crippen LogP contribution is 2.67. The van der Waals surface area contributed by atoms with Crippen molar-refractivity contribution in [2.45, 2.75) is 131 Å². The van der Waals surface area contributed by atoms with Gasteiger partial charge in [-0.1, -0.05) is 65.5 Å². The van der Waals surface area contributed by atoms with E-state index in [0.717, 1.165) is 49.4 Å². The molecular formula is C30H50O3. The van der Waals surface area contributed by atoms with Gasteiger partial charge in [0, 0.05) is 18.8 Å². The van der Waals surface area contributed by atoms with Crippen molar-refractivity contribution in [3.63, 3.8) is 0 Å². The minimum absolute atomic E-state index is 0.0814. The maximum Gasteiger partial charge on any atom is 0.302 e. The van der Waals surface area contributed by atoms with Crippen LogP contribution in [0.15, 0.2) is 11.1 Å². The Morgan fingerprint density at radius 2 is 1.76 bits per heavy atom. The van der Waals surface area contributed by atoms with E-state index in [4.69, 9.17) is 4.74 Å². The first kappa shape index (κ1) is 25.3. The zero-order valence-corrected chi connectivity index (χ0v) is 22.5. The summed E-state index contributed by atoms with van der Waals surface area (Å²) in [6, 6.07) is 0. The van der Waals surface area contributed by atoms with Gasteiger partial charge in [-0.05, 0) is 86.4 Å². The summed E-state index contributed by atoms with van der Waals surface area (Å²) in [5.41, 5.74) is 3.10. The van der Waals surface area contributed by atoms with Gasteiger partial charge in [0.1, 0.15) is 6.10 Å². The molecule has 8 atom stereocenters. The molecule has 0 aromatic carbocycles. The first-order valence-corrected chi connectivity index (χ1v) is 14.0. The Labute approximate surface area is 203 Å². The SMILES string of the molecule is CC(=O)OC1CCC2(C)C3CCC4(C)C(=C3CCC2(O)C1)CCC4C(C)CCC(C)C(C)C. The Balaban J connectivity index is 1.53. The summed E-state index contributed by atoms with van der Waals surface area (Å²) in [5.74, 6) is 3.49. The molecular weight excluding hydrogens is 408 g/mol. The monoisotopic (exact) mass is 458 g/mol. The average molecular weight is 459 g/mol. The highest BCUT2D eigenvalue weighted by Gasteiger charge is 2.61. The van der Waals surface area contributed by atoms with Gasteiger partial charge < -0.3 is 9.84 Å². The second kappa shape index (κ2) is 8.99. The lowest BCUT2D eigenvalue weighted by molar-refractivity contribution is -0.188. The van der Waals surface area contributed by atoms with Gasteiger partial charge in [0.15, 0.2) is 0 Å². The average Bonchev–Trinajstić information content (AvgIpc) is 3.09. The van der Waals surface area contributed by atoms with Crippen LogP contribution in [0.5, 0.6) is 0 Å². The summed E-state index contributed by atoms with van der Waals surface area (Å²) in [7, 11) is 0. The quantitative estimate of drug-likeness (QED) is 0.332. The van der Waals surface area contributed by atoms with Crippen LogP contribution in [0.1, 0.15) is 119 Å². The normalized spacial score (nSPS) is 42.4. The Hall–Kier alpha value is -0.830. The van der Waals surface area contributed by atoms with Gasteiger partial charge in [-0.15, -0.1) is 0 Å². The second-order valence-corrected chi connectivity index (χ2v) is 13.4. The number of allylic oxidation sites excluding steroid dienone is 2. The number of ether oxygens (including phenoxy) is 1. The van der Waals surface area contributed by atoms with Crippen LogP contribution in [0.25, 0.3) is 0 Å². The van der Waals surface area contributed by atoms with Crippen molar-refractivity contribution in [1.82, 2.24) is 0 Å². The van der Waals surface area contributed by atoms with Gasteiger partial charge >= 0.3 is 5.97 Å². The molecule has 0 spiro atoms. The van der Waals surface area contributed by atoms with Crippen LogP contribution >= 0.6 is 0 Å². The minimum atomic E-state index is -0.702. The first-order chi connectivity index (χ1) is 15.4. The van der Waals surface area contributed by atoms with E-state index >= 15 is 0 Å². The van der Waals surface area contributed by atoms with E-state index in [9.17, 15) is 9.90 Å². The van der Waals surface area contributed by atoms with Gasteiger partial charge in [0.2, 0.25) is 0 Å². The molecule has 0 radical (unpaired) electrons. The molecule has 0 amide bonds. The molecule has 0 heterocycles. The van der Waals surface area contributed by atoms with Crippen LogP contribution in [0.3, 0.4) is 0 Å². The van der Waals surface area contributed by atoms with E-state index in [1.165, 1.54) is 45.4 Å². The van der Waals surface area contributed by atoms with Gasteiger partial charge in [-0.3, -0.25) is 4.79 Å². The summed E-state index contributed by atoms with van der Waals surface area (Å²) >= 11 is 0. The van der Waals surface area contributed by atoms with Crippen molar-refractivity contribution in [2.75, 3.05) is 0 Å². The number of carbonyl (C=O) groups excluding carboxylic acids is 1. The van der Waals surface area contributed by atoms with Gasteiger partial charge in [-0.2, -0.15) is 0 Å². The number of rotatable bonds is 6. The molecule has 3 saturated carbocycles. The number of fused-ring (bicyclic) bond motifs is 4. The fourth-order valence-electron chi connectivity index (χ4n) is 8.79. The Bertz CT molecular complexity index is 783. The molecule has 0 saturated heterocycles. The van der Waals surface area contributed by atoms with Gasteiger partial charge in [0.05, 0.1) is 5.60 Å². The van der Waals surface area contributed by atoms with E-state index < -0.39 is 5.60 Å². The van der Waals surface area contributed by atoms with Crippen molar-refractivity contribution in [3.05, 3.63) is 11.1 Å². The van der Waals surface area contributed by atoms with Crippen LogP contribution in [0, 0.1) is 40.4 Å². The summed E-state index contributed by atoms with van der Waals surface area (Å²) < 4.78 is 5.56. The van der Waals surface area contributed by atoms with Gasteiger partial charge in [0.25, 0.3) is 0 Å². The zero-order chi connectivity index (χ0) is 24.2. The zero-order valence-electron chi connectivity index (χ0n) is 22.5. The summed E-state index contributed by atoms with van der Waals surface area (Å²) in [4.78, 5) is 11.5. The lowest BCUT2D eigenvalue weighted by atomic mass is 9.47. The summed E-state index contributed by atoms with van der Waals surface area (Å²) in [6.07, 6.45) is 12.1. The molecule has 0 aliphatic heterocycles.